The zero-order valence-electron chi connectivity index (χ0n) is 13.9. The first-order valence-corrected chi connectivity index (χ1v) is 8.31. The Kier molecular flexibility index (Phi) is 5.24. The van der Waals surface area contributed by atoms with Crippen molar-refractivity contribution in [3.8, 4) is 0 Å². The van der Waals surface area contributed by atoms with Crippen molar-refractivity contribution in [2.24, 2.45) is 0 Å². The van der Waals surface area contributed by atoms with E-state index in [2.05, 4.69) is 10.3 Å². The summed E-state index contributed by atoms with van der Waals surface area (Å²) in [4.78, 5) is 25.1. The maximum Gasteiger partial charge on any atom is 0.358 e. The third kappa shape index (κ3) is 3.87. The van der Waals surface area contributed by atoms with Gasteiger partial charge in [0.25, 0.3) is 0 Å². The monoisotopic (exact) mass is 364 g/mol. The van der Waals surface area contributed by atoms with Gasteiger partial charge in [0.1, 0.15) is 18.2 Å². The van der Waals surface area contributed by atoms with Crippen LogP contribution >= 0.6 is 0 Å². The lowest BCUT2D eigenvalue weighted by Crippen LogP contribution is -2.40. The van der Waals surface area contributed by atoms with Gasteiger partial charge in [-0.1, -0.05) is 24.1 Å². The predicted octanol–water partition coefficient (Wildman–Crippen LogP) is 2.23. The number of aromatic nitrogens is 3. The maximum atomic E-state index is 14.0. The van der Waals surface area contributed by atoms with Crippen LogP contribution in [0.15, 0.2) is 24.4 Å². The number of carbonyl (C=O) groups is 2. The molecule has 1 amide bonds. The van der Waals surface area contributed by atoms with Crippen LogP contribution in [-0.2, 0) is 17.9 Å². The molecule has 1 aliphatic carbocycles. The summed E-state index contributed by atoms with van der Waals surface area (Å²) in [6.07, 6.45) is 4.57. The fraction of sp³-hybridized carbons (Fsp3) is 0.412. The maximum absolute atomic E-state index is 14.0. The summed E-state index contributed by atoms with van der Waals surface area (Å²) < 4.78 is 29.1. The Morgan fingerprint density at radius 1 is 1.23 bits per heavy atom. The molecule has 0 radical (unpaired) electrons. The minimum atomic E-state index is -1.25. The normalized spacial score (nSPS) is 14.5. The van der Waals surface area contributed by atoms with Gasteiger partial charge in [0.05, 0.1) is 12.7 Å². The van der Waals surface area contributed by atoms with Gasteiger partial charge >= 0.3 is 5.97 Å². The van der Waals surface area contributed by atoms with Gasteiger partial charge < -0.3 is 10.0 Å². The molecule has 0 aliphatic heterocycles. The van der Waals surface area contributed by atoms with E-state index in [1.54, 1.807) is 0 Å². The molecule has 1 fully saturated rings. The van der Waals surface area contributed by atoms with Crippen LogP contribution in [0.1, 0.15) is 41.7 Å². The average molecular weight is 364 g/mol. The number of benzene rings is 1. The molecule has 1 heterocycles. The summed E-state index contributed by atoms with van der Waals surface area (Å²) in [5, 5.41) is 16.0. The van der Waals surface area contributed by atoms with Crippen molar-refractivity contribution in [1.82, 2.24) is 19.9 Å². The highest BCUT2D eigenvalue weighted by Gasteiger charge is 2.29. The van der Waals surface area contributed by atoms with E-state index < -0.39 is 17.6 Å². The molecule has 1 aliphatic rings. The van der Waals surface area contributed by atoms with Gasteiger partial charge in [-0.25, -0.2) is 18.3 Å². The Bertz CT molecular complexity index is 798. The molecule has 0 bridgehead atoms. The molecular formula is C17H18F2N4O3. The average Bonchev–Trinajstić information content (AvgIpc) is 3.26. The van der Waals surface area contributed by atoms with E-state index in [0.717, 1.165) is 48.7 Å². The summed E-state index contributed by atoms with van der Waals surface area (Å²) in [7, 11) is 0. The highest BCUT2D eigenvalue weighted by Crippen LogP contribution is 2.26. The first kappa shape index (κ1) is 18.0. The fourth-order valence-corrected chi connectivity index (χ4v) is 3.19. The number of amides is 1. The summed E-state index contributed by atoms with van der Waals surface area (Å²) in [6.45, 7) is -0.421. The van der Waals surface area contributed by atoms with Crippen molar-refractivity contribution in [3.05, 3.63) is 47.3 Å². The Balaban J connectivity index is 1.81. The smallest absolute Gasteiger partial charge is 0.358 e. The molecule has 2 aromatic rings. The summed E-state index contributed by atoms with van der Waals surface area (Å²) in [5.74, 6) is -3.03. The molecule has 1 aromatic carbocycles. The van der Waals surface area contributed by atoms with Gasteiger partial charge in [0, 0.05) is 11.6 Å². The number of hydrogen-bond donors (Lipinski definition) is 1. The van der Waals surface area contributed by atoms with Gasteiger partial charge in [-0.3, -0.25) is 4.79 Å². The van der Waals surface area contributed by atoms with Gasteiger partial charge in [-0.05, 0) is 25.0 Å². The largest absolute Gasteiger partial charge is 0.476 e. The van der Waals surface area contributed by atoms with Gasteiger partial charge in [-0.15, -0.1) is 5.10 Å². The number of aromatic carboxylic acids is 1. The Hall–Kier alpha value is -2.84. The minimum absolute atomic E-state index is 0.107. The van der Waals surface area contributed by atoms with Crippen LogP contribution in [0.2, 0.25) is 0 Å². The van der Waals surface area contributed by atoms with Crippen molar-refractivity contribution in [3.63, 3.8) is 0 Å². The fourth-order valence-electron chi connectivity index (χ4n) is 3.19. The van der Waals surface area contributed by atoms with Gasteiger partial charge in [-0.2, -0.15) is 0 Å². The third-order valence-corrected chi connectivity index (χ3v) is 4.53. The number of halogens is 2. The standard InChI is InChI=1S/C17H18F2N4O3/c18-13-6-3-7-14(19)12(13)8-23(11-4-1-2-5-11)16(24)10-22-9-15(17(25)26)20-21-22/h3,6-7,9,11H,1-2,4-5,8,10H2,(H,25,26). The highest BCUT2D eigenvalue weighted by atomic mass is 19.1. The van der Waals surface area contributed by atoms with Crippen LogP contribution in [0, 0.1) is 11.6 Å². The van der Waals surface area contributed by atoms with E-state index in [9.17, 15) is 18.4 Å². The minimum Gasteiger partial charge on any atom is -0.476 e. The molecule has 0 unspecified atom stereocenters. The number of carbonyl (C=O) groups excluding carboxylic acids is 1. The Morgan fingerprint density at radius 2 is 1.88 bits per heavy atom. The number of carboxylic acids is 1. The molecule has 0 atom stereocenters. The number of nitrogens with zero attached hydrogens (tertiary/aromatic N) is 4. The van der Waals surface area contributed by atoms with E-state index >= 15 is 0 Å². The summed E-state index contributed by atoms with van der Waals surface area (Å²) in [5.41, 5.74) is -0.428. The van der Waals surface area contributed by atoms with Crippen LogP contribution in [0.5, 0.6) is 0 Å². The quantitative estimate of drug-likeness (QED) is 0.849. The zero-order valence-corrected chi connectivity index (χ0v) is 13.9. The van der Waals surface area contributed by atoms with Gasteiger partial charge in [0.15, 0.2) is 5.69 Å². The van der Waals surface area contributed by atoms with Crippen LogP contribution in [0.3, 0.4) is 0 Å². The number of rotatable bonds is 6. The van der Waals surface area contributed by atoms with Gasteiger partial charge in [0.2, 0.25) is 5.91 Å². The molecule has 138 valence electrons. The van der Waals surface area contributed by atoms with Crippen LogP contribution in [0.25, 0.3) is 0 Å². The molecule has 1 N–H and O–H groups in total. The lowest BCUT2D eigenvalue weighted by molar-refractivity contribution is -0.135. The van der Waals surface area contributed by atoms with Crippen LogP contribution in [-0.4, -0.2) is 42.9 Å². The number of carboxylic acid groups (broad SMARTS) is 1. The molecule has 9 heteroatoms. The van der Waals surface area contributed by atoms with E-state index in [0.29, 0.717) is 0 Å². The van der Waals surface area contributed by atoms with E-state index in [1.807, 2.05) is 0 Å². The first-order chi connectivity index (χ1) is 12.5. The van der Waals surface area contributed by atoms with Crippen molar-refractivity contribution < 1.29 is 23.5 Å². The Morgan fingerprint density at radius 3 is 2.46 bits per heavy atom. The van der Waals surface area contributed by atoms with Crippen LogP contribution < -0.4 is 0 Å². The molecule has 0 spiro atoms. The Labute approximate surface area is 148 Å². The van der Waals surface area contributed by atoms with Crippen molar-refractivity contribution in [2.45, 2.75) is 44.8 Å². The molecular weight excluding hydrogens is 346 g/mol. The first-order valence-electron chi connectivity index (χ1n) is 8.31. The van der Waals surface area contributed by atoms with E-state index in [4.69, 9.17) is 5.11 Å². The lowest BCUT2D eigenvalue weighted by Gasteiger charge is -2.29. The summed E-state index contributed by atoms with van der Waals surface area (Å²) >= 11 is 0. The predicted molar refractivity (Wildman–Crippen MR) is 86.1 cm³/mol. The SMILES string of the molecule is O=C(O)c1cn(CC(=O)N(Cc2c(F)cccc2F)C2CCCC2)nn1. The topological polar surface area (TPSA) is 88.3 Å². The zero-order chi connectivity index (χ0) is 18.7. The molecule has 0 saturated heterocycles. The third-order valence-electron chi connectivity index (χ3n) is 4.53. The second-order valence-electron chi connectivity index (χ2n) is 6.27. The molecule has 7 nitrogen and oxygen atoms in total. The van der Waals surface area contributed by atoms with Crippen molar-refractivity contribution in [2.75, 3.05) is 0 Å². The summed E-state index contributed by atoms with van der Waals surface area (Å²) in [6, 6.07) is 3.49. The van der Waals surface area contributed by atoms with Crippen molar-refractivity contribution in [1.29, 1.82) is 0 Å². The van der Waals surface area contributed by atoms with E-state index in [1.165, 1.54) is 11.0 Å². The molecule has 3 rings (SSSR count). The van der Waals surface area contributed by atoms with Crippen molar-refractivity contribution >= 4 is 11.9 Å². The molecule has 1 aromatic heterocycles. The second-order valence-corrected chi connectivity index (χ2v) is 6.27. The highest BCUT2D eigenvalue weighted by molar-refractivity contribution is 5.84. The lowest BCUT2D eigenvalue weighted by atomic mass is 10.1. The molecule has 26 heavy (non-hydrogen) atoms. The second kappa shape index (κ2) is 7.59. The van der Waals surface area contributed by atoms with Crippen LogP contribution in [0.4, 0.5) is 8.78 Å². The molecule has 1 saturated carbocycles. The number of hydrogen-bond acceptors (Lipinski definition) is 4. The van der Waals surface area contributed by atoms with E-state index in [-0.39, 0.29) is 36.3 Å².